The molecular weight excluding hydrogens is 238 g/mol. The monoisotopic (exact) mass is 253 g/mol. The van der Waals surface area contributed by atoms with Gasteiger partial charge in [-0.05, 0) is 26.1 Å². The van der Waals surface area contributed by atoms with Crippen molar-refractivity contribution in [3.63, 3.8) is 0 Å². The van der Waals surface area contributed by atoms with Crippen molar-refractivity contribution in [2.45, 2.75) is 13.5 Å². The summed E-state index contributed by atoms with van der Waals surface area (Å²) in [7, 11) is 1.86. The standard InChI is InChI=1S/C15H15N3O/c1-10-3-5-11(6-4-10)12-7-8-13-15(17-12)18-14(19-13)9-16-2/h3-8,16H,9H2,1-2H3. The molecule has 2 aromatic heterocycles. The molecule has 0 spiro atoms. The van der Waals surface area contributed by atoms with Crippen LogP contribution in [-0.4, -0.2) is 17.0 Å². The van der Waals surface area contributed by atoms with E-state index in [9.17, 15) is 0 Å². The Morgan fingerprint density at radius 3 is 2.58 bits per heavy atom. The van der Waals surface area contributed by atoms with Crippen LogP contribution in [0.2, 0.25) is 0 Å². The summed E-state index contributed by atoms with van der Waals surface area (Å²) in [5.74, 6) is 0.658. The van der Waals surface area contributed by atoms with Gasteiger partial charge in [0.15, 0.2) is 11.2 Å². The maximum absolute atomic E-state index is 5.58. The number of hydrogen-bond acceptors (Lipinski definition) is 4. The van der Waals surface area contributed by atoms with E-state index < -0.39 is 0 Å². The quantitative estimate of drug-likeness (QED) is 0.779. The van der Waals surface area contributed by atoms with E-state index in [0.29, 0.717) is 18.1 Å². The van der Waals surface area contributed by atoms with Gasteiger partial charge in [-0.1, -0.05) is 29.8 Å². The van der Waals surface area contributed by atoms with Crippen molar-refractivity contribution in [3.05, 3.63) is 47.9 Å². The van der Waals surface area contributed by atoms with E-state index in [1.54, 1.807) is 0 Å². The van der Waals surface area contributed by atoms with Gasteiger partial charge in [0, 0.05) is 5.56 Å². The third kappa shape index (κ3) is 2.35. The molecule has 0 aliphatic heterocycles. The van der Waals surface area contributed by atoms with Gasteiger partial charge >= 0.3 is 0 Å². The SMILES string of the molecule is CNCc1nc2nc(-c3ccc(C)cc3)ccc2o1. The number of rotatable bonds is 3. The van der Waals surface area contributed by atoms with Crippen molar-refractivity contribution in [2.75, 3.05) is 7.05 Å². The minimum Gasteiger partial charge on any atom is -0.438 e. The molecule has 4 heteroatoms. The highest BCUT2D eigenvalue weighted by molar-refractivity contribution is 5.73. The van der Waals surface area contributed by atoms with Gasteiger partial charge in [-0.3, -0.25) is 0 Å². The van der Waals surface area contributed by atoms with Crippen molar-refractivity contribution in [1.29, 1.82) is 0 Å². The van der Waals surface area contributed by atoms with Crippen LogP contribution in [0.25, 0.3) is 22.5 Å². The molecule has 0 atom stereocenters. The van der Waals surface area contributed by atoms with Crippen molar-refractivity contribution < 1.29 is 4.42 Å². The molecule has 3 rings (SSSR count). The molecule has 0 unspecified atom stereocenters. The molecule has 1 aromatic carbocycles. The highest BCUT2D eigenvalue weighted by Crippen LogP contribution is 2.21. The van der Waals surface area contributed by atoms with Crippen LogP contribution in [0.5, 0.6) is 0 Å². The lowest BCUT2D eigenvalue weighted by atomic mass is 10.1. The van der Waals surface area contributed by atoms with Gasteiger partial charge in [0.05, 0.1) is 12.2 Å². The fraction of sp³-hybridized carbons (Fsp3) is 0.200. The number of nitrogens with zero attached hydrogens (tertiary/aromatic N) is 2. The molecule has 0 fully saturated rings. The summed E-state index contributed by atoms with van der Waals surface area (Å²) in [4.78, 5) is 8.91. The third-order valence-electron chi connectivity index (χ3n) is 2.97. The second kappa shape index (κ2) is 4.82. The lowest BCUT2D eigenvalue weighted by molar-refractivity contribution is 0.511. The van der Waals surface area contributed by atoms with Crippen LogP contribution in [0.4, 0.5) is 0 Å². The molecule has 0 aliphatic carbocycles. The zero-order chi connectivity index (χ0) is 13.2. The zero-order valence-electron chi connectivity index (χ0n) is 11.0. The summed E-state index contributed by atoms with van der Waals surface area (Å²) in [6, 6.07) is 12.2. The molecule has 0 saturated carbocycles. The van der Waals surface area contributed by atoms with Gasteiger partial charge in [-0.15, -0.1) is 0 Å². The van der Waals surface area contributed by atoms with Crippen molar-refractivity contribution in [2.24, 2.45) is 0 Å². The van der Waals surface area contributed by atoms with Gasteiger partial charge in [-0.25, -0.2) is 4.98 Å². The van der Waals surface area contributed by atoms with E-state index >= 15 is 0 Å². The number of fused-ring (bicyclic) bond motifs is 1. The molecule has 2 heterocycles. The molecule has 19 heavy (non-hydrogen) atoms. The Morgan fingerprint density at radius 1 is 1.05 bits per heavy atom. The maximum atomic E-state index is 5.58. The summed E-state index contributed by atoms with van der Waals surface area (Å²) in [6.45, 7) is 2.68. The van der Waals surface area contributed by atoms with Crippen LogP contribution in [0, 0.1) is 6.92 Å². The van der Waals surface area contributed by atoms with Crippen LogP contribution in [-0.2, 0) is 6.54 Å². The Labute approximate surface area is 111 Å². The second-order valence-corrected chi connectivity index (χ2v) is 4.52. The van der Waals surface area contributed by atoms with Gasteiger partial charge in [0.25, 0.3) is 0 Å². The molecule has 0 radical (unpaired) electrons. The summed E-state index contributed by atoms with van der Waals surface area (Å²) in [6.07, 6.45) is 0. The first-order valence-corrected chi connectivity index (χ1v) is 6.24. The fourth-order valence-electron chi connectivity index (χ4n) is 1.98. The van der Waals surface area contributed by atoms with Gasteiger partial charge in [-0.2, -0.15) is 4.98 Å². The molecular formula is C15H15N3O. The number of pyridine rings is 1. The lowest BCUT2D eigenvalue weighted by Crippen LogP contribution is -2.04. The summed E-state index contributed by atoms with van der Waals surface area (Å²) >= 11 is 0. The summed E-state index contributed by atoms with van der Waals surface area (Å²) in [5, 5.41) is 3.01. The molecule has 96 valence electrons. The average molecular weight is 253 g/mol. The third-order valence-corrected chi connectivity index (χ3v) is 2.97. The number of nitrogens with one attached hydrogen (secondary N) is 1. The minimum absolute atomic E-state index is 0.607. The predicted octanol–water partition coefficient (Wildman–Crippen LogP) is 2.92. The van der Waals surface area contributed by atoms with E-state index in [1.807, 2.05) is 19.2 Å². The Morgan fingerprint density at radius 2 is 1.84 bits per heavy atom. The molecule has 1 N–H and O–H groups in total. The van der Waals surface area contributed by atoms with Crippen molar-refractivity contribution in [3.8, 4) is 11.3 Å². The second-order valence-electron chi connectivity index (χ2n) is 4.52. The number of hydrogen-bond donors (Lipinski definition) is 1. The predicted molar refractivity (Wildman–Crippen MR) is 74.7 cm³/mol. The van der Waals surface area contributed by atoms with E-state index in [4.69, 9.17) is 4.42 Å². The van der Waals surface area contributed by atoms with Gasteiger partial charge in [0.1, 0.15) is 0 Å². The Balaban J connectivity index is 2.03. The molecule has 4 nitrogen and oxygen atoms in total. The van der Waals surface area contributed by atoms with Crippen LogP contribution in [0.15, 0.2) is 40.8 Å². The van der Waals surface area contributed by atoms with E-state index in [1.165, 1.54) is 5.56 Å². The van der Waals surface area contributed by atoms with Crippen molar-refractivity contribution >= 4 is 11.2 Å². The first-order chi connectivity index (χ1) is 9.26. The van der Waals surface area contributed by atoms with Crippen LogP contribution >= 0.6 is 0 Å². The largest absolute Gasteiger partial charge is 0.438 e. The first-order valence-electron chi connectivity index (χ1n) is 6.24. The number of oxazole rings is 1. The normalized spacial score (nSPS) is 11.1. The highest BCUT2D eigenvalue weighted by Gasteiger charge is 2.08. The Bertz CT molecular complexity index is 701. The summed E-state index contributed by atoms with van der Waals surface area (Å²) < 4.78 is 5.58. The number of aryl methyl sites for hydroxylation is 1. The lowest BCUT2D eigenvalue weighted by Gasteiger charge is -2.00. The first kappa shape index (κ1) is 11.9. The molecule has 0 amide bonds. The van der Waals surface area contributed by atoms with Crippen molar-refractivity contribution in [1.82, 2.24) is 15.3 Å². The maximum Gasteiger partial charge on any atom is 0.211 e. The van der Waals surface area contributed by atoms with Gasteiger partial charge < -0.3 is 9.73 Å². The number of benzene rings is 1. The average Bonchev–Trinajstić information content (AvgIpc) is 2.81. The fourth-order valence-corrected chi connectivity index (χ4v) is 1.98. The molecule has 3 aromatic rings. The van der Waals surface area contributed by atoms with E-state index in [-0.39, 0.29) is 0 Å². The molecule has 0 aliphatic rings. The number of aromatic nitrogens is 2. The zero-order valence-corrected chi connectivity index (χ0v) is 11.0. The van der Waals surface area contributed by atoms with E-state index in [0.717, 1.165) is 16.8 Å². The Kier molecular flexibility index (Phi) is 3.01. The van der Waals surface area contributed by atoms with Crippen LogP contribution in [0.1, 0.15) is 11.5 Å². The van der Waals surface area contributed by atoms with Crippen LogP contribution < -0.4 is 5.32 Å². The summed E-state index contributed by atoms with van der Waals surface area (Å²) in [5.41, 5.74) is 4.62. The van der Waals surface area contributed by atoms with Gasteiger partial charge in [0.2, 0.25) is 5.89 Å². The smallest absolute Gasteiger partial charge is 0.211 e. The molecule has 0 bridgehead atoms. The minimum atomic E-state index is 0.607. The molecule has 0 saturated heterocycles. The highest BCUT2D eigenvalue weighted by atomic mass is 16.3. The van der Waals surface area contributed by atoms with Crippen LogP contribution in [0.3, 0.4) is 0 Å². The van der Waals surface area contributed by atoms with E-state index in [2.05, 4.69) is 46.5 Å². The Hall–Kier alpha value is -2.20. The topological polar surface area (TPSA) is 51.0 Å².